The van der Waals surface area contributed by atoms with Gasteiger partial charge in [0.2, 0.25) is 0 Å². The van der Waals surface area contributed by atoms with Gasteiger partial charge in [-0.2, -0.15) is 0 Å². The molecule has 3 rings (SSSR count). The molecular formula is C14H19NO. The van der Waals surface area contributed by atoms with E-state index >= 15 is 0 Å². The first-order valence-corrected chi connectivity index (χ1v) is 6.28. The minimum absolute atomic E-state index is 0.691. The van der Waals surface area contributed by atoms with Gasteiger partial charge in [0.05, 0.1) is 12.8 Å². The molecule has 0 aliphatic heterocycles. The van der Waals surface area contributed by atoms with Gasteiger partial charge in [0.25, 0.3) is 0 Å². The summed E-state index contributed by atoms with van der Waals surface area (Å²) >= 11 is 0. The normalized spacial score (nSPS) is 19.9. The molecule has 0 saturated heterocycles. The van der Waals surface area contributed by atoms with Crippen LogP contribution in [0.3, 0.4) is 0 Å². The zero-order valence-corrected chi connectivity index (χ0v) is 9.78. The molecule has 0 aromatic heterocycles. The van der Waals surface area contributed by atoms with Gasteiger partial charge in [0.1, 0.15) is 5.75 Å². The average molecular weight is 217 g/mol. The van der Waals surface area contributed by atoms with Gasteiger partial charge in [-0.25, -0.2) is 0 Å². The van der Waals surface area contributed by atoms with Crippen LogP contribution in [-0.2, 0) is 0 Å². The van der Waals surface area contributed by atoms with Crippen molar-refractivity contribution in [2.75, 3.05) is 12.4 Å². The number of hydrogen-bond acceptors (Lipinski definition) is 2. The summed E-state index contributed by atoms with van der Waals surface area (Å²) in [6.07, 6.45) is 5.62. The van der Waals surface area contributed by atoms with E-state index < -0.39 is 0 Å². The lowest BCUT2D eigenvalue weighted by molar-refractivity contribution is 0.415. The number of methoxy groups -OCH3 is 1. The van der Waals surface area contributed by atoms with E-state index in [1.165, 1.54) is 25.7 Å². The van der Waals surface area contributed by atoms with Crippen molar-refractivity contribution in [1.29, 1.82) is 0 Å². The minimum Gasteiger partial charge on any atom is -0.495 e. The predicted octanol–water partition coefficient (Wildman–Crippen LogP) is 3.30. The summed E-state index contributed by atoms with van der Waals surface area (Å²) in [4.78, 5) is 0. The number of nitrogens with one attached hydrogen (secondary N) is 1. The number of anilines is 1. The maximum Gasteiger partial charge on any atom is 0.141 e. The van der Waals surface area contributed by atoms with Gasteiger partial charge in [-0.1, -0.05) is 12.1 Å². The first-order valence-electron chi connectivity index (χ1n) is 6.28. The SMILES string of the molecule is COc1ccccc1NC(C1CC1)C1CC1. The first-order chi connectivity index (χ1) is 7.88. The first kappa shape index (κ1) is 10.0. The highest BCUT2D eigenvalue weighted by Crippen LogP contribution is 2.46. The summed E-state index contributed by atoms with van der Waals surface area (Å²) in [6.45, 7) is 0. The Hall–Kier alpha value is -1.18. The topological polar surface area (TPSA) is 21.3 Å². The van der Waals surface area contributed by atoms with E-state index in [1.807, 2.05) is 12.1 Å². The maximum atomic E-state index is 5.38. The van der Waals surface area contributed by atoms with Crippen LogP contribution in [0.25, 0.3) is 0 Å². The molecule has 2 aliphatic rings. The van der Waals surface area contributed by atoms with E-state index in [1.54, 1.807) is 7.11 Å². The zero-order valence-electron chi connectivity index (χ0n) is 9.78. The predicted molar refractivity (Wildman–Crippen MR) is 65.9 cm³/mol. The molecule has 2 saturated carbocycles. The summed E-state index contributed by atoms with van der Waals surface area (Å²) in [6, 6.07) is 8.93. The van der Waals surface area contributed by atoms with Gasteiger partial charge in [-0.15, -0.1) is 0 Å². The summed E-state index contributed by atoms with van der Waals surface area (Å²) in [7, 11) is 1.74. The summed E-state index contributed by atoms with van der Waals surface area (Å²) < 4.78 is 5.38. The highest BCUT2D eigenvalue weighted by Gasteiger charge is 2.41. The summed E-state index contributed by atoms with van der Waals surface area (Å²) in [5.74, 6) is 2.80. The number of para-hydroxylation sites is 2. The number of benzene rings is 1. The Morgan fingerprint density at radius 2 is 1.75 bits per heavy atom. The highest BCUT2D eigenvalue weighted by molar-refractivity contribution is 5.57. The number of ether oxygens (including phenoxy) is 1. The Labute approximate surface area is 97.0 Å². The molecule has 0 unspecified atom stereocenters. The third-order valence-corrected chi connectivity index (χ3v) is 3.69. The van der Waals surface area contributed by atoms with Crippen LogP contribution in [-0.4, -0.2) is 13.2 Å². The fraction of sp³-hybridized carbons (Fsp3) is 0.571. The molecule has 0 amide bonds. The second-order valence-corrected chi connectivity index (χ2v) is 5.05. The fourth-order valence-electron chi connectivity index (χ4n) is 2.47. The van der Waals surface area contributed by atoms with Crippen molar-refractivity contribution in [1.82, 2.24) is 0 Å². The fourth-order valence-corrected chi connectivity index (χ4v) is 2.47. The molecule has 0 radical (unpaired) electrons. The van der Waals surface area contributed by atoms with Crippen molar-refractivity contribution in [3.63, 3.8) is 0 Å². The Morgan fingerprint density at radius 1 is 1.12 bits per heavy atom. The lowest BCUT2D eigenvalue weighted by atomic mass is 10.1. The van der Waals surface area contributed by atoms with E-state index in [4.69, 9.17) is 4.74 Å². The average Bonchev–Trinajstić information content (AvgIpc) is 3.18. The molecule has 1 N–H and O–H groups in total. The molecule has 0 bridgehead atoms. The number of rotatable bonds is 5. The van der Waals surface area contributed by atoms with Gasteiger partial charge in [-0.3, -0.25) is 0 Å². The minimum atomic E-state index is 0.691. The van der Waals surface area contributed by atoms with Crippen molar-refractivity contribution in [2.24, 2.45) is 11.8 Å². The van der Waals surface area contributed by atoms with Gasteiger partial charge in [-0.05, 0) is 49.7 Å². The van der Waals surface area contributed by atoms with Crippen molar-refractivity contribution < 1.29 is 4.74 Å². The smallest absolute Gasteiger partial charge is 0.141 e. The van der Waals surface area contributed by atoms with Gasteiger partial charge < -0.3 is 10.1 Å². The maximum absolute atomic E-state index is 5.38. The Balaban J connectivity index is 1.75. The molecule has 1 aromatic carbocycles. The summed E-state index contributed by atoms with van der Waals surface area (Å²) in [5, 5.41) is 3.70. The van der Waals surface area contributed by atoms with E-state index in [0.717, 1.165) is 23.3 Å². The largest absolute Gasteiger partial charge is 0.495 e. The molecule has 2 aliphatic carbocycles. The summed E-state index contributed by atoms with van der Waals surface area (Å²) in [5.41, 5.74) is 1.16. The van der Waals surface area contributed by atoms with Crippen LogP contribution in [0.2, 0.25) is 0 Å². The van der Waals surface area contributed by atoms with E-state index in [-0.39, 0.29) is 0 Å². The molecule has 0 spiro atoms. The van der Waals surface area contributed by atoms with E-state index in [9.17, 15) is 0 Å². The molecule has 2 fully saturated rings. The van der Waals surface area contributed by atoms with Crippen molar-refractivity contribution in [3.8, 4) is 5.75 Å². The molecule has 0 heterocycles. The Bertz CT molecular complexity index is 357. The quantitative estimate of drug-likeness (QED) is 0.817. The second kappa shape index (κ2) is 4.00. The lowest BCUT2D eigenvalue weighted by Gasteiger charge is -2.20. The van der Waals surface area contributed by atoms with Crippen LogP contribution < -0.4 is 10.1 Å². The standard InChI is InChI=1S/C14H19NO/c1-16-13-5-3-2-4-12(13)15-14(10-6-7-10)11-8-9-11/h2-5,10-11,14-15H,6-9H2,1H3. The molecular weight excluding hydrogens is 198 g/mol. The van der Waals surface area contributed by atoms with Crippen LogP contribution in [0.1, 0.15) is 25.7 Å². The van der Waals surface area contributed by atoms with Crippen LogP contribution in [0.15, 0.2) is 24.3 Å². The molecule has 16 heavy (non-hydrogen) atoms. The third-order valence-electron chi connectivity index (χ3n) is 3.69. The number of hydrogen-bond donors (Lipinski definition) is 1. The molecule has 0 atom stereocenters. The molecule has 86 valence electrons. The van der Waals surface area contributed by atoms with Gasteiger partial charge >= 0.3 is 0 Å². The lowest BCUT2D eigenvalue weighted by Crippen LogP contribution is -2.24. The zero-order chi connectivity index (χ0) is 11.0. The Kier molecular flexibility index (Phi) is 2.50. The van der Waals surface area contributed by atoms with Crippen molar-refractivity contribution >= 4 is 5.69 Å². The van der Waals surface area contributed by atoms with Crippen molar-refractivity contribution in [2.45, 2.75) is 31.7 Å². The Morgan fingerprint density at radius 3 is 2.31 bits per heavy atom. The van der Waals surface area contributed by atoms with Crippen molar-refractivity contribution in [3.05, 3.63) is 24.3 Å². The monoisotopic (exact) mass is 217 g/mol. The van der Waals surface area contributed by atoms with Crippen LogP contribution in [0.5, 0.6) is 5.75 Å². The third kappa shape index (κ3) is 2.01. The van der Waals surface area contributed by atoms with Crippen LogP contribution in [0.4, 0.5) is 5.69 Å². The van der Waals surface area contributed by atoms with Crippen LogP contribution in [0, 0.1) is 11.8 Å². The second-order valence-electron chi connectivity index (χ2n) is 5.05. The van der Waals surface area contributed by atoms with Gasteiger partial charge in [0, 0.05) is 6.04 Å². The van der Waals surface area contributed by atoms with E-state index in [0.29, 0.717) is 6.04 Å². The van der Waals surface area contributed by atoms with Crippen LogP contribution >= 0.6 is 0 Å². The van der Waals surface area contributed by atoms with Gasteiger partial charge in [0.15, 0.2) is 0 Å². The molecule has 2 heteroatoms. The highest BCUT2D eigenvalue weighted by atomic mass is 16.5. The van der Waals surface area contributed by atoms with E-state index in [2.05, 4.69) is 17.4 Å². The molecule has 1 aromatic rings. The molecule has 2 nitrogen and oxygen atoms in total.